The van der Waals surface area contributed by atoms with Crippen molar-refractivity contribution in [1.29, 1.82) is 0 Å². The topological polar surface area (TPSA) is 20.2 Å². The molecule has 0 saturated heterocycles. The SMILES string of the molecule is C[C@]12C=C[C@@]3(CCC4[C@@](C)(CO)CCC[C@@]4(C)C3CC1)C2. The molecule has 118 valence electrons. The first-order valence-corrected chi connectivity index (χ1v) is 9.17. The molecule has 1 N–H and O–H groups in total. The lowest BCUT2D eigenvalue weighted by Gasteiger charge is -2.64. The Labute approximate surface area is 130 Å². The first-order chi connectivity index (χ1) is 9.86. The molecule has 0 aliphatic heterocycles. The molecule has 1 spiro atoms. The molecule has 1 nitrogen and oxygen atoms in total. The smallest absolute Gasteiger partial charge is 0.0487 e. The summed E-state index contributed by atoms with van der Waals surface area (Å²) in [5.74, 6) is 1.60. The van der Waals surface area contributed by atoms with Gasteiger partial charge in [0.15, 0.2) is 0 Å². The van der Waals surface area contributed by atoms with Gasteiger partial charge in [0.05, 0.1) is 0 Å². The van der Waals surface area contributed by atoms with Gasteiger partial charge >= 0.3 is 0 Å². The monoisotopic (exact) mass is 288 g/mol. The van der Waals surface area contributed by atoms with Crippen LogP contribution in [0.1, 0.15) is 72.1 Å². The van der Waals surface area contributed by atoms with Crippen molar-refractivity contribution in [2.24, 2.45) is 33.5 Å². The fourth-order valence-electron chi connectivity index (χ4n) is 7.46. The van der Waals surface area contributed by atoms with Crippen LogP contribution in [0.5, 0.6) is 0 Å². The van der Waals surface area contributed by atoms with Crippen LogP contribution in [0.25, 0.3) is 0 Å². The second-order valence-corrected chi connectivity index (χ2v) is 9.75. The molecule has 0 heterocycles. The second-order valence-electron chi connectivity index (χ2n) is 9.75. The van der Waals surface area contributed by atoms with Gasteiger partial charge in [0.2, 0.25) is 0 Å². The molecule has 2 bridgehead atoms. The minimum Gasteiger partial charge on any atom is -0.396 e. The van der Waals surface area contributed by atoms with E-state index in [9.17, 15) is 5.11 Å². The van der Waals surface area contributed by atoms with Gasteiger partial charge < -0.3 is 5.11 Å². The first kappa shape index (κ1) is 14.3. The van der Waals surface area contributed by atoms with Crippen LogP contribution >= 0.6 is 0 Å². The highest BCUT2D eigenvalue weighted by molar-refractivity contribution is 5.25. The van der Waals surface area contributed by atoms with Crippen molar-refractivity contribution in [1.82, 2.24) is 0 Å². The molecule has 0 aromatic carbocycles. The third-order valence-electron chi connectivity index (χ3n) is 8.41. The summed E-state index contributed by atoms with van der Waals surface area (Å²) in [5.41, 5.74) is 1.64. The van der Waals surface area contributed by atoms with Crippen LogP contribution in [0.15, 0.2) is 12.2 Å². The summed E-state index contributed by atoms with van der Waals surface area (Å²) in [7, 11) is 0. The maximum atomic E-state index is 10.1. The highest BCUT2D eigenvalue weighted by Crippen LogP contribution is 2.71. The van der Waals surface area contributed by atoms with Gasteiger partial charge in [-0.2, -0.15) is 0 Å². The van der Waals surface area contributed by atoms with E-state index in [1.807, 2.05) is 0 Å². The van der Waals surface area contributed by atoms with Gasteiger partial charge in [0.25, 0.3) is 0 Å². The number of aliphatic hydroxyl groups excluding tert-OH is 1. The van der Waals surface area contributed by atoms with Crippen LogP contribution in [-0.2, 0) is 0 Å². The van der Waals surface area contributed by atoms with E-state index < -0.39 is 0 Å². The molecule has 3 fully saturated rings. The Bertz CT molecular complexity index is 482. The van der Waals surface area contributed by atoms with Crippen molar-refractivity contribution >= 4 is 0 Å². The molecule has 3 saturated carbocycles. The normalized spacial score (nSPS) is 58.7. The lowest BCUT2D eigenvalue weighted by Crippen LogP contribution is -2.57. The van der Waals surface area contributed by atoms with Gasteiger partial charge in [-0.1, -0.05) is 39.3 Å². The van der Waals surface area contributed by atoms with Crippen LogP contribution in [-0.4, -0.2) is 11.7 Å². The van der Waals surface area contributed by atoms with Gasteiger partial charge in [-0.05, 0) is 78.4 Å². The van der Waals surface area contributed by atoms with E-state index in [1.54, 1.807) is 0 Å². The molecular formula is C20H32O. The summed E-state index contributed by atoms with van der Waals surface area (Å²) in [6, 6.07) is 0. The van der Waals surface area contributed by atoms with Crippen molar-refractivity contribution < 1.29 is 5.11 Å². The molecule has 6 atom stereocenters. The van der Waals surface area contributed by atoms with Crippen LogP contribution < -0.4 is 0 Å². The van der Waals surface area contributed by atoms with Crippen LogP contribution in [0.3, 0.4) is 0 Å². The third kappa shape index (κ3) is 1.73. The molecule has 0 amide bonds. The molecule has 0 aromatic rings. The van der Waals surface area contributed by atoms with E-state index in [4.69, 9.17) is 0 Å². The standard InChI is InChI=1S/C20H32O/c1-17-9-5-16-19(3)8-4-7-18(2,14-21)15(19)6-10-20(16,13-17)12-11-17/h11-12,15-16,21H,4-10,13-14H2,1-3H3/t15?,16?,17-,18-,19-,20+/m1/s1. The zero-order chi connectivity index (χ0) is 14.9. The lowest BCUT2D eigenvalue weighted by molar-refractivity contribution is -0.154. The van der Waals surface area contributed by atoms with E-state index in [0.29, 0.717) is 22.9 Å². The Hall–Kier alpha value is -0.300. The van der Waals surface area contributed by atoms with Gasteiger partial charge in [-0.25, -0.2) is 0 Å². The predicted molar refractivity (Wildman–Crippen MR) is 86.9 cm³/mol. The average molecular weight is 288 g/mol. The minimum atomic E-state index is 0.178. The number of fused-ring (bicyclic) bond motifs is 3. The summed E-state index contributed by atoms with van der Waals surface area (Å²) in [6.45, 7) is 7.82. The molecule has 0 radical (unpaired) electrons. The van der Waals surface area contributed by atoms with Crippen molar-refractivity contribution in [2.75, 3.05) is 6.61 Å². The van der Waals surface area contributed by atoms with Crippen LogP contribution in [0, 0.1) is 33.5 Å². The Morgan fingerprint density at radius 3 is 2.48 bits per heavy atom. The molecule has 4 rings (SSSR count). The first-order valence-electron chi connectivity index (χ1n) is 9.17. The average Bonchev–Trinajstić information content (AvgIpc) is 2.69. The maximum Gasteiger partial charge on any atom is 0.0487 e. The summed E-state index contributed by atoms with van der Waals surface area (Å²) in [4.78, 5) is 0. The molecule has 4 aliphatic rings. The van der Waals surface area contributed by atoms with Crippen molar-refractivity contribution in [3.05, 3.63) is 12.2 Å². The Kier molecular flexibility index (Phi) is 2.83. The predicted octanol–water partition coefficient (Wildman–Crippen LogP) is 4.95. The van der Waals surface area contributed by atoms with E-state index in [0.717, 1.165) is 11.8 Å². The van der Waals surface area contributed by atoms with Gasteiger partial charge in [-0.3, -0.25) is 0 Å². The van der Waals surface area contributed by atoms with Crippen molar-refractivity contribution in [2.45, 2.75) is 72.1 Å². The van der Waals surface area contributed by atoms with Gasteiger partial charge in [-0.15, -0.1) is 0 Å². The van der Waals surface area contributed by atoms with Crippen LogP contribution in [0.2, 0.25) is 0 Å². The highest BCUT2D eigenvalue weighted by Gasteiger charge is 2.63. The van der Waals surface area contributed by atoms with E-state index in [-0.39, 0.29) is 5.41 Å². The Morgan fingerprint density at radius 2 is 1.71 bits per heavy atom. The molecule has 21 heavy (non-hydrogen) atoms. The molecule has 2 unspecified atom stereocenters. The van der Waals surface area contributed by atoms with Crippen molar-refractivity contribution in [3.63, 3.8) is 0 Å². The highest BCUT2D eigenvalue weighted by atomic mass is 16.3. The van der Waals surface area contributed by atoms with E-state index >= 15 is 0 Å². The second kappa shape index (κ2) is 4.16. The fourth-order valence-corrected chi connectivity index (χ4v) is 7.46. The Balaban J connectivity index is 1.74. The van der Waals surface area contributed by atoms with Crippen molar-refractivity contribution in [3.8, 4) is 0 Å². The summed E-state index contributed by atoms with van der Waals surface area (Å²) >= 11 is 0. The summed E-state index contributed by atoms with van der Waals surface area (Å²) < 4.78 is 0. The summed E-state index contributed by atoms with van der Waals surface area (Å²) in [5, 5.41) is 10.1. The largest absolute Gasteiger partial charge is 0.396 e. The fraction of sp³-hybridized carbons (Fsp3) is 0.900. The van der Waals surface area contributed by atoms with E-state index in [1.165, 1.54) is 51.4 Å². The molecule has 4 aliphatic carbocycles. The number of allylic oxidation sites excluding steroid dienone is 2. The molecular weight excluding hydrogens is 256 g/mol. The number of hydrogen-bond donors (Lipinski definition) is 1. The van der Waals surface area contributed by atoms with Gasteiger partial charge in [0, 0.05) is 6.61 Å². The summed E-state index contributed by atoms with van der Waals surface area (Å²) in [6.07, 6.45) is 16.1. The maximum absolute atomic E-state index is 10.1. The zero-order valence-electron chi connectivity index (χ0n) is 14.1. The quantitative estimate of drug-likeness (QED) is 0.677. The zero-order valence-corrected chi connectivity index (χ0v) is 14.1. The minimum absolute atomic E-state index is 0.178. The lowest BCUT2D eigenvalue weighted by atomic mass is 9.40. The number of rotatable bonds is 1. The van der Waals surface area contributed by atoms with E-state index in [2.05, 4.69) is 32.9 Å². The molecule has 0 aromatic heterocycles. The molecule has 1 heteroatoms. The number of hydrogen-bond acceptors (Lipinski definition) is 1. The number of aliphatic hydroxyl groups is 1. The Morgan fingerprint density at radius 1 is 0.952 bits per heavy atom. The van der Waals surface area contributed by atoms with Gasteiger partial charge in [0.1, 0.15) is 0 Å². The third-order valence-corrected chi connectivity index (χ3v) is 8.41. The van der Waals surface area contributed by atoms with Crippen LogP contribution in [0.4, 0.5) is 0 Å².